The van der Waals surface area contributed by atoms with Gasteiger partial charge in [-0.3, -0.25) is 9.59 Å². The summed E-state index contributed by atoms with van der Waals surface area (Å²) in [5, 5.41) is 26.2. The van der Waals surface area contributed by atoms with Gasteiger partial charge in [-0.25, -0.2) is 0 Å². The van der Waals surface area contributed by atoms with Crippen molar-refractivity contribution in [3.8, 4) is 29.1 Å². The lowest BCUT2D eigenvalue weighted by atomic mass is 9.97. The van der Waals surface area contributed by atoms with E-state index in [2.05, 4.69) is 13.8 Å². The Balaban J connectivity index is 0.000000347. The Hall–Kier alpha value is -5.09. The third kappa shape index (κ3) is 11.2. The predicted molar refractivity (Wildman–Crippen MR) is 177 cm³/mol. The highest BCUT2D eigenvalue weighted by Crippen LogP contribution is 2.35. The van der Waals surface area contributed by atoms with Crippen LogP contribution in [-0.4, -0.2) is 21.8 Å². The van der Waals surface area contributed by atoms with E-state index in [4.69, 9.17) is 14.7 Å². The van der Waals surface area contributed by atoms with Crippen molar-refractivity contribution in [3.63, 3.8) is 0 Å². The number of rotatable bonds is 10. The average molecular weight is 610 g/mol. The van der Waals surface area contributed by atoms with E-state index >= 15 is 0 Å². The Kier molecular flexibility index (Phi) is 14.4. The fraction of sp³-hybridized carbons (Fsp3) is 0.289. The molecule has 4 rings (SSSR count). The van der Waals surface area contributed by atoms with Crippen molar-refractivity contribution in [2.24, 2.45) is 0 Å². The van der Waals surface area contributed by atoms with Gasteiger partial charge in [0.1, 0.15) is 36.2 Å². The Labute approximate surface area is 266 Å². The molecule has 0 atom stereocenters. The number of nitrogens with zero attached hydrogens (tertiary/aromatic N) is 1. The minimum absolute atomic E-state index is 0.0143. The SMILES string of the molecule is CC#N.CC(=O)c1cc(C(C)C)c(O)cc1O.CC(=O)c1cc(C(C)C)c(OCc2ccccc2)cc1OCc1ccccc1. The monoisotopic (exact) mass is 609 g/mol. The van der Waals surface area contributed by atoms with Crippen LogP contribution in [0, 0.1) is 11.3 Å². The maximum atomic E-state index is 12.2. The highest BCUT2D eigenvalue weighted by molar-refractivity contribution is 5.98. The largest absolute Gasteiger partial charge is 0.508 e. The number of phenols is 2. The van der Waals surface area contributed by atoms with E-state index in [9.17, 15) is 19.8 Å². The first-order valence-corrected chi connectivity index (χ1v) is 14.8. The lowest BCUT2D eigenvalue weighted by molar-refractivity contribution is 0.100. The first-order chi connectivity index (χ1) is 21.4. The number of phenolic OH excluding ortho intramolecular Hbond substituents is 2. The smallest absolute Gasteiger partial charge is 0.163 e. The van der Waals surface area contributed by atoms with Gasteiger partial charge in [0.25, 0.3) is 0 Å². The highest BCUT2D eigenvalue weighted by atomic mass is 16.5. The summed E-state index contributed by atoms with van der Waals surface area (Å²) in [5.41, 5.74) is 4.68. The molecule has 236 valence electrons. The van der Waals surface area contributed by atoms with Gasteiger partial charge in [-0.15, -0.1) is 0 Å². The third-order valence-electron chi connectivity index (χ3n) is 6.73. The Morgan fingerprint density at radius 1 is 0.667 bits per heavy atom. The number of carbonyl (C=O) groups excluding carboxylic acids is 2. The van der Waals surface area contributed by atoms with Gasteiger partial charge in [0.05, 0.1) is 17.2 Å². The van der Waals surface area contributed by atoms with Gasteiger partial charge in [-0.2, -0.15) is 5.26 Å². The summed E-state index contributed by atoms with van der Waals surface area (Å²) in [4.78, 5) is 23.3. The van der Waals surface area contributed by atoms with E-state index in [0.717, 1.165) is 22.4 Å². The van der Waals surface area contributed by atoms with Crippen LogP contribution in [0.5, 0.6) is 23.0 Å². The molecule has 0 aliphatic rings. The molecule has 0 aromatic heterocycles. The molecule has 0 amide bonds. The maximum absolute atomic E-state index is 12.2. The molecule has 0 saturated heterocycles. The molecule has 0 radical (unpaired) electrons. The lowest BCUT2D eigenvalue weighted by Gasteiger charge is -2.18. The van der Waals surface area contributed by atoms with Crippen LogP contribution in [0.1, 0.15) is 103 Å². The summed E-state index contributed by atoms with van der Waals surface area (Å²) in [6.07, 6.45) is 0. The van der Waals surface area contributed by atoms with Gasteiger partial charge in [0.2, 0.25) is 0 Å². The Bertz CT molecular complexity index is 1590. The molecule has 7 heteroatoms. The van der Waals surface area contributed by atoms with Crippen LogP contribution in [0.25, 0.3) is 0 Å². The number of hydrogen-bond acceptors (Lipinski definition) is 7. The summed E-state index contributed by atoms with van der Waals surface area (Å²) in [6.45, 7) is 13.3. The van der Waals surface area contributed by atoms with E-state index in [1.165, 1.54) is 26.0 Å². The second-order valence-corrected chi connectivity index (χ2v) is 11.0. The summed E-state index contributed by atoms with van der Waals surface area (Å²) >= 11 is 0. The van der Waals surface area contributed by atoms with E-state index in [-0.39, 0.29) is 40.5 Å². The van der Waals surface area contributed by atoms with E-state index < -0.39 is 0 Å². The zero-order chi connectivity index (χ0) is 33.5. The number of benzene rings is 4. The molecule has 7 nitrogen and oxygen atoms in total. The van der Waals surface area contributed by atoms with Gasteiger partial charge >= 0.3 is 0 Å². The number of aromatic hydroxyl groups is 2. The topological polar surface area (TPSA) is 117 Å². The summed E-state index contributed by atoms with van der Waals surface area (Å²) in [7, 11) is 0. The number of Topliss-reactive ketones (excluding diaryl/α,β-unsaturated/α-hetero) is 2. The molecule has 0 fully saturated rings. The number of carbonyl (C=O) groups is 2. The zero-order valence-corrected chi connectivity index (χ0v) is 27.1. The quantitative estimate of drug-likeness (QED) is 0.172. The second-order valence-electron chi connectivity index (χ2n) is 11.0. The van der Waals surface area contributed by atoms with Crippen molar-refractivity contribution in [1.29, 1.82) is 5.26 Å². The summed E-state index contributed by atoms with van der Waals surface area (Å²) in [5.74, 6) is 1.31. The van der Waals surface area contributed by atoms with Crippen molar-refractivity contribution in [2.75, 3.05) is 0 Å². The summed E-state index contributed by atoms with van der Waals surface area (Å²) < 4.78 is 12.1. The van der Waals surface area contributed by atoms with Crippen molar-refractivity contribution in [1.82, 2.24) is 0 Å². The highest BCUT2D eigenvalue weighted by Gasteiger charge is 2.18. The van der Waals surface area contributed by atoms with Gasteiger partial charge in [0.15, 0.2) is 11.6 Å². The van der Waals surface area contributed by atoms with Gasteiger partial charge in [-0.1, -0.05) is 88.4 Å². The molecule has 0 bridgehead atoms. The Morgan fingerprint density at radius 2 is 1.09 bits per heavy atom. The minimum Gasteiger partial charge on any atom is -0.508 e. The third-order valence-corrected chi connectivity index (χ3v) is 6.73. The molecular weight excluding hydrogens is 566 g/mol. The number of ether oxygens (including phenoxy) is 2. The molecule has 0 aliphatic heterocycles. The van der Waals surface area contributed by atoms with Crippen molar-refractivity contribution < 1.29 is 29.3 Å². The molecule has 0 saturated carbocycles. The Morgan fingerprint density at radius 3 is 1.51 bits per heavy atom. The molecule has 4 aromatic rings. The maximum Gasteiger partial charge on any atom is 0.163 e. The minimum atomic E-state index is -0.204. The van der Waals surface area contributed by atoms with Crippen LogP contribution in [0.4, 0.5) is 0 Å². The molecule has 0 unspecified atom stereocenters. The van der Waals surface area contributed by atoms with Crippen LogP contribution >= 0.6 is 0 Å². The first kappa shape index (κ1) is 36.1. The van der Waals surface area contributed by atoms with Crippen molar-refractivity contribution >= 4 is 11.6 Å². The number of hydrogen-bond donors (Lipinski definition) is 2. The molecule has 0 aliphatic carbocycles. The van der Waals surface area contributed by atoms with Crippen LogP contribution in [0.15, 0.2) is 84.9 Å². The molecule has 0 spiro atoms. The van der Waals surface area contributed by atoms with Crippen LogP contribution < -0.4 is 9.47 Å². The number of ketones is 2. The number of nitriles is 1. The second kappa shape index (κ2) is 17.9. The van der Waals surface area contributed by atoms with Crippen LogP contribution in [-0.2, 0) is 13.2 Å². The fourth-order valence-electron chi connectivity index (χ4n) is 4.36. The lowest BCUT2D eigenvalue weighted by Crippen LogP contribution is -2.06. The normalized spacial score (nSPS) is 10.1. The average Bonchev–Trinajstić information content (AvgIpc) is 3.00. The van der Waals surface area contributed by atoms with Crippen molar-refractivity contribution in [3.05, 3.63) is 118 Å². The van der Waals surface area contributed by atoms with Gasteiger partial charge in [-0.05, 0) is 60.1 Å². The standard InChI is InChI=1S/C25H26O3.C11H14O3.C2H3N/c1-18(2)22-14-23(19(3)26)25(28-17-21-12-8-5-9-13-21)15-24(22)27-16-20-10-6-4-7-11-20;1-6(2)8-4-9(7(3)12)11(14)5-10(8)13;1-2-3/h4-15,18H,16-17H2,1-3H3;4-6,13-14H,1-3H3;1H3. The van der Waals surface area contributed by atoms with E-state index in [1.54, 1.807) is 13.0 Å². The predicted octanol–water partition coefficient (Wildman–Crippen LogP) is 9.12. The van der Waals surface area contributed by atoms with E-state index in [0.29, 0.717) is 30.1 Å². The zero-order valence-electron chi connectivity index (χ0n) is 27.1. The van der Waals surface area contributed by atoms with Crippen LogP contribution in [0.2, 0.25) is 0 Å². The molecule has 0 heterocycles. The first-order valence-electron chi connectivity index (χ1n) is 14.8. The fourth-order valence-corrected chi connectivity index (χ4v) is 4.36. The summed E-state index contributed by atoms with van der Waals surface area (Å²) in [6, 6.07) is 28.2. The van der Waals surface area contributed by atoms with Crippen LogP contribution in [0.3, 0.4) is 0 Å². The molecular formula is C38H43NO6. The van der Waals surface area contributed by atoms with Crippen molar-refractivity contribution in [2.45, 2.75) is 73.5 Å². The molecule has 4 aromatic carbocycles. The van der Waals surface area contributed by atoms with E-state index in [1.807, 2.05) is 86.6 Å². The van der Waals surface area contributed by atoms with Gasteiger partial charge < -0.3 is 19.7 Å². The molecule has 2 N–H and O–H groups in total. The molecule has 45 heavy (non-hydrogen) atoms. The van der Waals surface area contributed by atoms with Gasteiger partial charge in [0, 0.05) is 19.1 Å².